The summed E-state index contributed by atoms with van der Waals surface area (Å²) in [5, 5.41) is 0. The number of aryl methyl sites for hydroxylation is 1. The predicted molar refractivity (Wildman–Crippen MR) is 81.6 cm³/mol. The molecule has 0 spiro atoms. The predicted octanol–water partition coefficient (Wildman–Crippen LogP) is 2.04. The van der Waals surface area contributed by atoms with Gasteiger partial charge in [-0.15, -0.1) is 24.0 Å². The zero-order valence-corrected chi connectivity index (χ0v) is 12.3. The van der Waals surface area contributed by atoms with Gasteiger partial charge in [0, 0.05) is 5.56 Å². The number of oxazole rings is 1. The first-order valence-electron chi connectivity index (χ1n) is 5.22. The summed E-state index contributed by atoms with van der Waals surface area (Å²) in [6.07, 6.45) is 1.56. The number of aromatic nitrogens is 1. The molecule has 0 radical (unpaired) electrons. The van der Waals surface area contributed by atoms with Crippen LogP contribution in [-0.2, 0) is 6.54 Å². The minimum absolute atomic E-state index is 0. The number of halogens is 1. The lowest BCUT2D eigenvalue weighted by Crippen LogP contribution is -2.22. The van der Waals surface area contributed by atoms with Gasteiger partial charge in [-0.05, 0) is 19.1 Å². The summed E-state index contributed by atoms with van der Waals surface area (Å²) in [6, 6.07) is 7.95. The van der Waals surface area contributed by atoms with Crippen molar-refractivity contribution in [2.75, 3.05) is 0 Å². The molecule has 0 atom stereocenters. The summed E-state index contributed by atoms with van der Waals surface area (Å²) in [4.78, 5) is 8.16. The highest BCUT2D eigenvalue weighted by Crippen LogP contribution is 2.19. The van der Waals surface area contributed by atoms with Crippen molar-refractivity contribution < 1.29 is 4.42 Å². The van der Waals surface area contributed by atoms with E-state index >= 15 is 0 Å². The second-order valence-corrected chi connectivity index (χ2v) is 3.75. The van der Waals surface area contributed by atoms with Gasteiger partial charge in [0.1, 0.15) is 12.0 Å². The average molecular weight is 358 g/mol. The summed E-state index contributed by atoms with van der Waals surface area (Å²) in [7, 11) is 0. The summed E-state index contributed by atoms with van der Waals surface area (Å²) < 4.78 is 5.36. The molecule has 18 heavy (non-hydrogen) atoms. The van der Waals surface area contributed by atoms with Crippen LogP contribution in [0.2, 0.25) is 0 Å². The van der Waals surface area contributed by atoms with Crippen molar-refractivity contribution in [1.29, 1.82) is 0 Å². The van der Waals surface area contributed by atoms with E-state index in [1.165, 1.54) is 5.56 Å². The first-order chi connectivity index (χ1) is 8.15. The third-order valence-corrected chi connectivity index (χ3v) is 2.27. The fourth-order valence-electron chi connectivity index (χ4n) is 1.38. The molecule has 1 heterocycles. The number of benzene rings is 1. The molecule has 0 aliphatic carbocycles. The average Bonchev–Trinajstić information content (AvgIpc) is 2.76. The van der Waals surface area contributed by atoms with Crippen LogP contribution in [0, 0.1) is 6.92 Å². The topological polar surface area (TPSA) is 90.4 Å². The molecular formula is C12H15IN4O. The quantitative estimate of drug-likeness (QED) is 0.499. The van der Waals surface area contributed by atoms with E-state index in [1.807, 2.05) is 31.2 Å². The van der Waals surface area contributed by atoms with E-state index in [4.69, 9.17) is 15.9 Å². The Labute approximate surface area is 122 Å². The molecule has 0 aliphatic heterocycles. The number of nitrogens with two attached hydrogens (primary N) is 2. The third-order valence-electron chi connectivity index (χ3n) is 2.27. The number of hydrogen-bond donors (Lipinski definition) is 2. The van der Waals surface area contributed by atoms with E-state index in [2.05, 4.69) is 9.98 Å². The van der Waals surface area contributed by atoms with Crippen molar-refractivity contribution in [3.8, 4) is 11.5 Å². The van der Waals surface area contributed by atoms with Crippen LogP contribution < -0.4 is 11.5 Å². The molecule has 6 heteroatoms. The van der Waals surface area contributed by atoms with Crippen molar-refractivity contribution in [2.45, 2.75) is 13.5 Å². The monoisotopic (exact) mass is 358 g/mol. The first-order valence-corrected chi connectivity index (χ1v) is 5.22. The van der Waals surface area contributed by atoms with E-state index in [9.17, 15) is 0 Å². The molecule has 0 aliphatic rings. The summed E-state index contributed by atoms with van der Waals surface area (Å²) >= 11 is 0. The van der Waals surface area contributed by atoms with Gasteiger partial charge in [-0.2, -0.15) is 0 Å². The van der Waals surface area contributed by atoms with Crippen LogP contribution in [0.25, 0.3) is 11.5 Å². The number of hydrogen-bond acceptors (Lipinski definition) is 3. The normalized spacial score (nSPS) is 9.61. The lowest BCUT2D eigenvalue weighted by molar-refractivity contribution is 0.572. The Kier molecular flexibility index (Phi) is 5.14. The maximum atomic E-state index is 5.36. The molecule has 1 aromatic heterocycles. The second kappa shape index (κ2) is 6.39. The standard InChI is InChI=1S/C12H14N4O.HI/c1-8-2-4-9(5-3-8)11-16-10(7-17-11)6-15-12(13)14;/h2-5,7H,6H2,1H3,(H4,13,14,15);1H. The van der Waals surface area contributed by atoms with Gasteiger partial charge in [-0.3, -0.25) is 0 Å². The van der Waals surface area contributed by atoms with Crippen molar-refractivity contribution in [1.82, 2.24) is 4.98 Å². The molecule has 2 rings (SSSR count). The van der Waals surface area contributed by atoms with E-state index < -0.39 is 0 Å². The van der Waals surface area contributed by atoms with E-state index in [0.717, 1.165) is 5.56 Å². The second-order valence-electron chi connectivity index (χ2n) is 3.75. The van der Waals surface area contributed by atoms with Crippen LogP contribution in [0.3, 0.4) is 0 Å². The highest BCUT2D eigenvalue weighted by molar-refractivity contribution is 14.0. The van der Waals surface area contributed by atoms with E-state index in [0.29, 0.717) is 18.1 Å². The highest BCUT2D eigenvalue weighted by atomic mass is 127. The van der Waals surface area contributed by atoms with Gasteiger partial charge < -0.3 is 15.9 Å². The lowest BCUT2D eigenvalue weighted by atomic mass is 10.1. The molecule has 2 aromatic rings. The summed E-state index contributed by atoms with van der Waals surface area (Å²) in [5.41, 5.74) is 13.3. The minimum Gasteiger partial charge on any atom is -0.444 e. The number of guanidine groups is 1. The van der Waals surface area contributed by atoms with Gasteiger partial charge in [0.15, 0.2) is 5.96 Å². The molecule has 1 aromatic carbocycles. The van der Waals surface area contributed by atoms with Crippen molar-refractivity contribution in [3.05, 3.63) is 41.8 Å². The number of nitrogens with zero attached hydrogens (tertiary/aromatic N) is 2. The van der Waals surface area contributed by atoms with Gasteiger partial charge in [-0.1, -0.05) is 17.7 Å². The molecule has 0 amide bonds. The van der Waals surface area contributed by atoms with Crippen molar-refractivity contribution >= 4 is 29.9 Å². The third kappa shape index (κ3) is 3.73. The van der Waals surface area contributed by atoms with Crippen molar-refractivity contribution in [3.63, 3.8) is 0 Å². The Hall–Kier alpha value is -1.57. The van der Waals surface area contributed by atoms with Crippen LogP contribution >= 0.6 is 24.0 Å². The SMILES string of the molecule is Cc1ccc(-c2nc(CN=C(N)N)co2)cc1.I. The Balaban J connectivity index is 0.00000162. The molecular weight excluding hydrogens is 343 g/mol. The largest absolute Gasteiger partial charge is 0.444 e. The summed E-state index contributed by atoms with van der Waals surface area (Å²) in [5.74, 6) is 0.621. The lowest BCUT2D eigenvalue weighted by Gasteiger charge is -1.95. The zero-order valence-electron chi connectivity index (χ0n) is 9.96. The number of rotatable bonds is 3. The molecule has 96 valence electrons. The fraction of sp³-hybridized carbons (Fsp3) is 0.167. The molecule has 0 saturated heterocycles. The summed E-state index contributed by atoms with van der Waals surface area (Å²) in [6.45, 7) is 2.36. The van der Waals surface area contributed by atoms with Crippen LogP contribution in [0.1, 0.15) is 11.3 Å². The molecule has 0 fully saturated rings. The molecule has 0 saturated carbocycles. The molecule has 0 bridgehead atoms. The van der Waals surface area contributed by atoms with Gasteiger partial charge in [0.05, 0.1) is 6.54 Å². The minimum atomic E-state index is 0. The Morgan fingerprint density at radius 1 is 1.28 bits per heavy atom. The molecule has 0 unspecified atom stereocenters. The van der Waals surface area contributed by atoms with Crippen LogP contribution in [0.15, 0.2) is 39.9 Å². The maximum Gasteiger partial charge on any atom is 0.226 e. The Morgan fingerprint density at radius 3 is 2.56 bits per heavy atom. The number of aliphatic imine (C=N–C) groups is 1. The van der Waals surface area contributed by atoms with E-state index in [-0.39, 0.29) is 29.9 Å². The molecule has 4 N–H and O–H groups in total. The fourth-order valence-corrected chi connectivity index (χ4v) is 1.38. The molecule has 5 nitrogen and oxygen atoms in total. The van der Waals surface area contributed by atoms with Gasteiger partial charge in [-0.25, -0.2) is 9.98 Å². The Morgan fingerprint density at radius 2 is 1.94 bits per heavy atom. The van der Waals surface area contributed by atoms with Crippen molar-refractivity contribution in [2.24, 2.45) is 16.5 Å². The smallest absolute Gasteiger partial charge is 0.226 e. The first kappa shape index (κ1) is 14.5. The van der Waals surface area contributed by atoms with E-state index in [1.54, 1.807) is 6.26 Å². The zero-order chi connectivity index (χ0) is 12.3. The van der Waals surface area contributed by atoms with Gasteiger partial charge in [0.2, 0.25) is 5.89 Å². The van der Waals surface area contributed by atoms with Crippen LogP contribution in [-0.4, -0.2) is 10.9 Å². The Bertz CT molecular complexity index is 529. The highest BCUT2D eigenvalue weighted by Gasteiger charge is 2.05. The van der Waals surface area contributed by atoms with Gasteiger partial charge in [0.25, 0.3) is 0 Å². The maximum absolute atomic E-state index is 5.36. The van der Waals surface area contributed by atoms with Crippen LogP contribution in [0.5, 0.6) is 0 Å². The van der Waals surface area contributed by atoms with Gasteiger partial charge >= 0.3 is 0 Å². The van der Waals surface area contributed by atoms with Crippen LogP contribution in [0.4, 0.5) is 0 Å².